The molecule has 0 unspecified atom stereocenters. The van der Waals surface area contributed by atoms with Gasteiger partial charge in [0.05, 0.1) is 13.2 Å². The van der Waals surface area contributed by atoms with Crippen LogP contribution in [0.4, 0.5) is 0 Å². The van der Waals surface area contributed by atoms with Crippen molar-refractivity contribution in [3.8, 4) is 0 Å². The lowest BCUT2D eigenvalue weighted by Crippen LogP contribution is -2.32. The zero-order valence-electron chi connectivity index (χ0n) is 6.49. The van der Waals surface area contributed by atoms with Gasteiger partial charge in [0.2, 0.25) is 0 Å². The molecule has 0 amide bonds. The Kier molecular flexibility index (Phi) is 3.37. The van der Waals surface area contributed by atoms with Crippen LogP contribution < -0.4 is 0 Å². The van der Waals surface area contributed by atoms with Gasteiger partial charge in [0.1, 0.15) is 5.03 Å². The molecule has 4 nitrogen and oxygen atoms in total. The highest BCUT2D eigenvalue weighted by molar-refractivity contribution is 6.40. The topological polar surface area (TPSA) is 49.8 Å². The normalized spacial score (nSPS) is 19.4. The van der Waals surface area contributed by atoms with Gasteiger partial charge in [-0.05, 0) is 0 Å². The van der Waals surface area contributed by atoms with Gasteiger partial charge in [0.25, 0.3) is 0 Å². The van der Waals surface area contributed by atoms with Crippen LogP contribution in [0.2, 0.25) is 0 Å². The van der Waals surface area contributed by atoms with Crippen molar-refractivity contribution in [3.05, 3.63) is 11.2 Å². The second-order valence-electron chi connectivity index (χ2n) is 2.43. The molecule has 5 heteroatoms. The predicted molar refractivity (Wildman–Crippen MR) is 44.0 cm³/mol. The van der Waals surface area contributed by atoms with E-state index in [-0.39, 0.29) is 5.03 Å². The van der Waals surface area contributed by atoms with Gasteiger partial charge < -0.3 is 14.7 Å². The first-order valence-corrected chi connectivity index (χ1v) is 4.00. The molecule has 1 saturated heterocycles. The number of hydrogen-bond donors (Lipinski definition) is 1. The van der Waals surface area contributed by atoms with E-state index in [9.17, 15) is 4.79 Å². The molecule has 12 heavy (non-hydrogen) atoms. The molecular formula is C7H10ClNO3. The molecular weight excluding hydrogens is 182 g/mol. The van der Waals surface area contributed by atoms with Gasteiger partial charge in [0, 0.05) is 19.3 Å². The van der Waals surface area contributed by atoms with Gasteiger partial charge in [-0.25, -0.2) is 4.79 Å². The van der Waals surface area contributed by atoms with Crippen molar-refractivity contribution >= 4 is 17.6 Å². The maximum absolute atomic E-state index is 10.3. The molecule has 1 fully saturated rings. The number of halogens is 1. The summed E-state index contributed by atoms with van der Waals surface area (Å²) in [4.78, 5) is 12.1. The number of ether oxygens (including phenoxy) is 1. The van der Waals surface area contributed by atoms with Crippen molar-refractivity contribution in [2.45, 2.75) is 0 Å². The van der Waals surface area contributed by atoms with Crippen LogP contribution in [-0.2, 0) is 9.53 Å². The van der Waals surface area contributed by atoms with E-state index in [0.29, 0.717) is 26.3 Å². The summed E-state index contributed by atoms with van der Waals surface area (Å²) in [6.07, 6.45) is 1.44. The van der Waals surface area contributed by atoms with Gasteiger partial charge >= 0.3 is 5.97 Å². The molecule has 0 atom stereocenters. The molecule has 1 N–H and O–H groups in total. The second kappa shape index (κ2) is 4.33. The maximum Gasteiger partial charge on any atom is 0.348 e. The van der Waals surface area contributed by atoms with Crippen LogP contribution in [0.25, 0.3) is 0 Å². The van der Waals surface area contributed by atoms with Gasteiger partial charge in [-0.3, -0.25) is 0 Å². The fourth-order valence-corrected chi connectivity index (χ4v) is 1.06. The van der Waals surface area contributed by atoms with Crippen LogP contribution in [0.5, 0.6) is 0 Å². The quantitative estimate of drug-likeness (QED) is 0.646. The minimum absolute atomic E-state index is 0.156. The largest absolute Gasteiger partial charge is 0.477 e. The molecule has 0 bridgehead atoms. The number of morpholine rings is 1. The highest BCUT2D eigenvalue weighted by Crippen LogP contribution is 2.05. The van der Waals surface area contributed by atoms with E-state index >= 15 is 0 Å². The fourth-order valence-electron chi connectivity index (χ4n) is 0.922. The lowest BCUT2D eigenvalue weighted by Gasteiger charge is -2.25. The van der Waals surface area contributed by atoms with E-state index in [2.05, 4.69) is 0 Å². The van der Waals surface area contributed by atoms with Crippen molar-refractivity contribution in [2.24, 2.45) is 0 Å². The summed E-state index contributed by atoms with van der Waals surface area (Å²) in [5, 5.41) is 8.30. The van der Waals surface area contributed by atoms with Gasteiger partial charge in [-0.1, -0.05) is 11.6 Å². The molecule has 0 aromatic rings. The third-order valence-corrected chi connectivity index (χ3v) is 1.81. The van der Waals surface area contributed by atoms with Crippen molar-refractivity contribution < 1.29 is 14.6 Å². The Labute approximate surface area is 75.4 Å². The molecule has 0 aliphatic carbocycles. The van der Waals surface area contributed by atoms with Crippen LogP contribution in [0.1, 0.15) is 0 Å². The zero-order chi connectivity index (χ0) is 8.97. The summed E-state index contributed by atoms with van der Waals surface area (Å²) < 4.78 is 5.08. The number of aliphatic carboxylic acids is 1. The first-order valence-electron chi connectivity index (χ1n) is 3.62. The van der Waals surface area contributed by atoms with Crippen LogP contribution in [0.3, 0.4) is 0 Å². The predicted octanol–water partition coefficient (Wildman–Crippen LogP) is 0.483. The van der Waals surface area contributed by atoms with E-state index in [4.69, 9.17) is 21.4 Å². The molecule has 68 valence electrons. The highest BCUT2D eigenvalue weighted by Gasteiger charge is 2.09. The summed E-state index contributed by atoms with van der Waals surface area (Å²) in [5.74, 6) is -1.09. The molecule has 1 aliphatic rings. The van der Waals surface area contributed by atoms with Gasteiger partial charge in [-0.2, -0.15) is 0 Å². The number of carboxylic acids is 1. The molecule has 1 heterocycles. The number of carboxylic acid groups (broad SMARTS) is 1. The summed E-state index contributed by atoms with van der Waals surface area (Å²) >= 11 is 5.43. The third kappa shape index (κ3) is 2.71. The van der Waals surface area contributed by atoms with Crippen LogP contribution >= 0.6 is 11.6 Å². The van der Waals surface area contributed by atoms with Crippen LogP contribution in [-0.4, -0.2) is 42.3 Å². The Hall–Kier alpha value is -0.740. The van der Waals surface area contributed by atoms with Gasteiger partial charge in [-0.15, -0.1) is 0 Å². The van der Waals surface area contributed by atoms with E-state index < -0.39 is 5.97 Å². The molecule has 0 aromatic carbocycles. The van der Waals surface area contributed by atoms with E-state index in [1.165, 1.54) is 6.20 Å². The Bertz CT molecular complexity index is 199. The number of carbonyl (C=O) groups is 1. The SMILES string of the molecule is O=C(O)C(Cl)=CN1CCOCC1. The van der Waals surface area contributed by atoms with Crippen molar-refractivity contribution in [2.75, 3.05) is 26.3 Å². The van der Waals surface area contributed by atoms with E-state index in [1.54, 1.807) is 0 Å². The summed E-state index contributed by atoms with van der Waals surface area (Å²) in [5.41, 5.74) is 0. The molecule has 0 aromatic heterocycles. The number of hydrogen-bond acceptors (Lipinski definition) is 3. The standard InChI is InChI=1S/C7H10ClNO3/c8-6(7(10)11)5-9-1-3-12-4-2-9/h5H,1-4H2,(H,10,11). The summed E-state index contributed by atoms with van der Waals surface area (Å²) in [6, 6.07) is 0. The number of rotatable bonds is 2. The lowest BCUT2D eigenvalue weighted by molar-refractivity contribution is -0.132. The highest BCUT2D eigenvalue weighted by atomic mass is 35.5. The monoisotopic (exact) mass is 191 g/mol. The van der Waals surface area contributed by atoms with Crippen molar-refractivity contribution in [3.63, 3.8) is 0 Å². The third-order valence-electron chi connectivity index (χ3n) is 1.55. The first-order chi connectivity index (χ1) is 5.70. The maximum atomic E-state index is 10.3. The van der Waals surface area contributed by atoms with Crippen molar-refractivity contribution in [1.82, 2.24) is 4.90 Å². The minimum atomic E-state index is -1.09. The van der Waals surface area contributed by atoms with Crippen LogP contribution in [0.15, 0.2) is 11.2 Å². The van der Waals surface area contributed by atoms with Crippen molar-refractivity contribution in [1.29, 1.82) is 0 Å². The van der Waals surface area contributed by atoms with E-state index in [0.717, 1.165) is 0 Å². The molecule has 0 saturated carbocycles. The second-order valence-corrected chi connectivity index (χ2v) is 2.84. The Morgan fingerprint density at radius 2 is 2.08 bits per heavy atom. The average Bonchev–Trinajstić information content (AvgIpc) is 2.06. The fraction of sp³-hybridized carbons (Fsp3) is 0.571. The minimum Gasteiger partial charge on any atom is -0.477 e. The molecule has 0 radical (unpaired) electrons. The Morgan fingerprint density at radius 1 is 1.50 bits per heavy atom. The van der Waals surface area contributed by atoms with E-state index in [1.807, 2.05) is 4.90 Å². The number of nitrogens with zero attached hydrogens (tertiary/aromatic N) is 1. The summed E-state index contributed by atoms with van der Waals surface area (Å²) in [7, 11) is 0. The zero-order valence-corrected chi connectivity index (χ0v) is 7.25. The molecule has 1 rings (SSSR count). The molecule has 0 spiro atoms. The lowest BCUT2D eigenvalue weighted by atomic mass is 10.4. The summed E-state index contributed by atoms with van der Waals surface area (Å²) in [6.45, 7) is 2.65. The average molecular weight is 192 g/mol. The van der Waals surface area contributed by atoms with Crippen LogP contribution in [0, 0.1) is 0 Å². The smallest absolute Gasteiger partial charge is 0.348 e. The molecule has 1 aliphatic heterocycles. The first kappa shape index (κ1) is 9.35. The Morgan fingerprint density at radius 3 is 2.58 bits per heavy atom. The van der Waals surface area contributed by atoms with Gasteiger partial charge in [0.15, 0.2) is 0 Å². The Balaban J connectivity index is 2.47.